The summed E-state index contributed by atoms with van der Waals surface area (Å²) in [6.07, 6.45) is -0.424. The second-order valence-corrected chi connectivity index (χ2v) is 11.6. The number of ether oxygens (including phenoxy) is 5. The van der Waals surface area contributed by atoms with Crippen molar-refractivity contribution in [2.24, 2.45) is 23.7 Å². The zero-order chi connectivity index (χ0) is 30.6. The Bertz CT molecular complexity index is 1120. The van der Waals surface area contributed by atoms with Crippen molar-refractivity contribution in [2.75, 3.05) is 27.4 Å². The van der Waals surface area contributed by atoms with Gasteiger partial charge in [0.05, 0.1) is 31.8 Å². The molecular weight excluding hydrogens is 538 g/mol. The van der Waals surface area contributed by atoms with Crippen LogP contribution in [0, 0.1) is 23.7 Å². The molecule has 9 nitrogen and oxygen atoms in total. The second kappa shape index (κ2) is 16.4. The number of methoxy groups -OCH3 is 2. The molecule has 0 saturated carbocycles. The van der Waals surface area contributed by atoms with Gasteiger partial charge < -0.3 is 34.1 Å². The highest BCUT2D eigenvalue weighted by molar-refractivity contribution is 5.75. The Hall–Kier alpha value is -3.30. The molecule has 1 aliphatic rings. The van der Waals surface area contributed by atoms with Gasteiger partial charge in [0.15, 0.2) is 11.5 Å². The quantitative estimate of drug-likeness (QED) is 0.191. The summed E-state index contributed by atoms with van der Waals surface area (Å²) in [6.45, 7) is 9.18. The molecule has 9 heteroatoms. The number of hydrogen-bond donors (Lipinski definition) is 2. The van der Waals surface area contributed by atoms with Gasteiger partial charge in [0.1, 0.15) is 12.7 Å². The van der Waals surface area contributed by atoms with E-state index in [9.17, 15) is 14.7 Å². The largest absolute Gasteiger partial charge is 0.493 e. The first-order chi connectivity index (χ1) is 20.1. The summed E-state index contributed by atoms with van der Waals surface area (Å²) in [5.41, 5.74) is 1.54. The minimum absolute atomic E-state index is 0.0378. The molecule has 1 amide bonds. The van der Waals surface area contributed by atoms with Crippen LogP contribution in [0.5, 0.6) is 11.5 Å². The van der Waals surface area contributed by atoms with Crippen LogP contribution in [0.3, 0.4) is 0 Å². The number of cyclic esters (lactones) is 1. The molecule has 1 fully saturated rings. The summed E-state index contributed by atoms with van der Waals surface area (Å²) in [7, 11) is 3.22. The summed E-state index contributed by atoms with van der Waals surface area (Å²) < 4.78 is 27.8. The first kappa shape index (κ1) is 33.2. The Balaban J connectivity index is 1.80. The summed E-state index contributed by atoms with van der Waals surface area (Å²) in [5, 5.41) is 14.6. The van der Waals surface area contributed by atoms with E-state index in [1.54, 1.807) is 26.4 Å². The summed E-state index contributed by atoms with van der Waals surface area (Å²) in [6, 6.07) is 14.3. The lowest BCUT2D eigenvalue weighted by Gasteiger charge is -2.33. The number of nitrogens with one attached hydrogen (secondary N) is 1. The van der Waals surface area contributed by atoms with Crippen molar-refractivity contribution in [2.45, 2.75) is 71.8 Å². The SMILES string of the molecule is COCCCOc1cc(C(O)[C@@H](C[C@H](NC(=O)OCc2ccccc2)[C@@H]2C[C@@H](C(C)C)C(=O)O2)C(C)C)ccc1OC. The molecule has 0 bridgehead atoms. The Labute approximate surface area is 249 Å². The second-order valence-electron chi connectivity index (χ2n) is 11.6. The fraction of sp³-hybridized carbons (Fsp3) is 0.576. The molecule has 0 radical (unpaired) electrons. The normalized spacial score (nSPS) is 18.8. The lowest BCUT2D eigenvalue weighted by atomic mass is 9.80. The average Bonchev–Trinajstić information content (AvgIpc) is 3.38. The zero-order valence-electron chi connectivity index (χ0n) is 25.7. The predicted octanol–water partition coefficient (Wildman–Crippen LogP) is 5.69. The molecule has 1 unspecified atom stereocenters. The zero-order valence-corrected chi connectivity index (χ0v) is 25.7. The molecule has 2 N–H and O–H groups in total. The van der Waals surface area contributed by atoms with Gasteiger partial charge in [-0.25, -0.2) is 4.79 Å². The maximum absolute atomic E-state index is 13.0. The number of amides is 1. The third-order valence-electron chi connectivity index (χ3n) is 7.89. The minimum Gasteiger partial charge on any atom is -0.493 e. The maximum Gasteiger partial charge on any atom is 0.407 e. The minimum atomic E-state index is -0.875. The van der Waals surface area contributed by atoms with Crippen LogP contribution in [0.15, 0.2) is 48.5 Å². The van der Waals surface area contributed by atoms with Crippen molar-refractivity contribution in [1.29, 1.82) is 0 Å². The molecule has 0 aliphatic carbocycles. The number of benzene rings is 2. The molecular formula is C33H47NO8. The van der Waals surface area contributed by atoms with E-state index in [0.717, 1.165) is 5.56 Å². The Morgan fingerprint density at radius 3 is 2.40 bits per heavy atom. The molecule has 2 aromatic carbocycles. The number of aliphatic hydroxyl groups is 1. The van der Waals surface area contributed by atoms with Gasteiger partial charge in [-0.1, -0.05) is 64.1 Å². The Morgan fingerprint density at radius 1 is 1.05 bits per heavy atom. The van der Waals surface area contributed by atoms with Gasteiger partial charge in [0, 0.05) is 20.1 Å². The number of carbonyl (C=O) groups is 2. The van der Waals surface area contributed by atoms with Crippen LogP contribution in [0.25, 0.3) is 0 Å². The van der Waals surface area contributed by atoms with Crippen molar-refractivity contribution in [1.82, 2.24) is 5.32 Å². The van der Waals surface area contributed by atoms with Gasteiger partial charge in [-0.05, 0) is 53.9 Å². The summed E-state index contributed by atoms with van der Waals surface area (Å²) in [4.78, 5) is 25.6. The van der Waals surface area contributed by atoms with Crippen LogP contribution in [0.2, 0.25) is 0 Å². The molecule has 1 heterocycles. The molecule has 5 atom stereocenters. The molecule has 2 aromatic rings. The Morgan fingerprint density at radius 2 is 1.79 bits per heavy atom. The van der Waals surface area contributed by atoms with E-state index in [-0.39, 0.29) is 36.2 Å². The fourth-order valence-corrected chi connectivity index (χ4v) is 5.32. The van der Waals surface area contributed by atoms with Crippen molar-refractivity contribution in [3.63, 3.8) is 0 Å². The highest BCUT2D eigenvalue weighted by Crippen LogP contribution is 2.39. The monoisotopic (exact) mass is 585 g/mol. The van der Waals surface area contributed by atoms with E-state index in [1.807, 2.05) is 64.1 Å². The van der Waals surface area contributed by atoms with Crippen molar-refractivity contribution in [3.05, 3.63) is 59.7 Å². The topological polar surface area (TPSA) is 113 Å². The molecule has 0 aromatic heterocycles. The predicted molar refractivity (Wildman–Crippen MR) is 159 cm³/mol. The van der Waals surface area contributed by atoms with Gasteiger partial charge in [-0.3, -0.25) is 4.79 Å². The molecule has 1 aliphatic heterocycles. The Kier molecular flexibility index (Phi) is 12.9. The number of hydrogen-bond acceptors (Lipinski definition) is 8. The van der Waals surface area contributed by atoms with Crippen molar-refractivity contribution in [3.8, 4) is 11.5 Å². The highest BCUT2D eigenvalue weighted by Gasteiger charge is 2.42. The van der Waals surface area contributed by atoms with Gasteiger partial charge in [0.25, 0.3) is 0 Å². The average molecular weight is 586 g/mol. The molecule has 3 rings (SSSR count). The van der Waals surface area contributed by atoms with E-state index in [1.165, 1.54) is 0 Å². The first-order valence-electron chi connectivity index (χ1n) is 14.8. The van der Waals surface area contributed by atoms with E-state index < -0.39 is 24.3 Å². The van der Waals surface area contributed by atoms with Crippen LogP contribution < -0.4 is 14.8 Å². The van der Waals surface area contributed by atoms with E-state index in [0.29, 0.717) is 49.5 Å². The van der Waals surface area contributed by atoms with Gasteiger partial charge in [0.2, 0.25) is 0 Å². The summed E-state index contributed by atoms with van der Waals surface area (Å²) >= 11 is 0. The molecule has 232 valence electrons. The van der Waals surface area contributed by atoms with Crippen LogP contribution in [-0.2, 0) is 25.6 Å². The number of esters is 1. The van der Waals surface area contributed by atoms with Gasteiger partial charge in [-0.15, -0.1) is 0 Å². The lowest BCUT2D eigenvalue weighted by Crippen LogP contribution is -2.46. The highest BCUT2D eigenvalue weighted by atomic mass is 16.6. The van der Waals surface area contributed by atoms with Gasteiger partial charge in [-0.2, -0.15) is 0 Å². The van der Waals surface area contributed by atoms with Crippen molar-refractivity contribution < 1.29 is 38.4 Å². The number of carbonyl (C=O) groups excluding carboxylic acids is 2. The van der Waals surface area contributed by atoms with E-state index in [4.69, 9.17) is 23.7 Å². The third kappa shape index (κ3) is 9.36. The van der Waals surface area contributed by atoms with Crippen LogP contribution in [0.1, 0.15) is 64.2 Å². The lowest BCUT2D eigenvalue weighted by molar-refractivity contribution is -0.146. The molecule has 0 spiro atoms. The fourth-order valence-electron chi connectivity index (χ4n) is 5.32. The van der Waals surface area contributed by atoms with Crippen LogP contribution in [0.4, 0.5) is 4.79 Å². The third-order valence-corrected chi connectivity index (χ3v) is 7.89. The smallest absolute Gasteiger partial charge is 0.407 e. The van der Waals surface area contributed by atoms with E-state index in [2.05, 4.69) is 5.32 Å². The van der Waals surface area contributed by atoms with E-state index >= 15 is 0 Å². The van der Waals surface area contributed by atoms with Gasteiger partial charge >= 0.3 is 12.1 Å². The summed E-state index contributed by atoms with van der Waals surface area (Å²) in [5.74, 6) is 0.472. The number of alkyl carbamates (subject to hydrolysis) is 1. The molecule has 1 saturated heterocycles. The number of rotatable bonds is 16. The standard InChI is InChI=1S/C33H47NO8/c1-21(2)25(31(35)24-13-14-28(39-6)30(17-24)40-16-10-15-38-5)18-27(29-19-26(22(3)4)32(36)42-29)34-33(37)41-20-23-11-8-7-9-12-23/h7-9,11-14,17,21-22,25-27,29,31,35H,10,15-16,18-20H2,1-6H3,(H,34,37)/t25-,26-,27-,29-,31?/m0/s1. The van der Waals surface area contributed by atoms with Crippen molar-refractivity contribution >= 4 is 12.1 Å². The maximum atomic E-state index is 13.0. The molecule has 42 heavy (non-hydrogen) atoms. The van der Waals surface area contributed by atoms with Crippen LogP contribution in [-0.4, -0.2) is 56.7 Å². The van der Waals surface area contributed by atoms with Crippen LogP contribution >= 0.6 is 0 Å². The number of aliphatic hydroxyl groups excluding tert-OH is 1. The first-order valence-corrected chi connectivity index (χ1v) is 14.8.